The average Bonchev–Trinajstić information content (AvgIpc) is 2.59. The highest BCUT2D eigenvalue weighted by Gasteiger charge is 2.31. The second-order valence-corrected chi connectivity index (χ2v) is 8.11. The summed E-state index contributed by atoms with van der Waals surface area (Å²) in [7, 11) is -3.58. The van der Waals surface area contributed by atoms with Crippen molar-refractivity contribution in [1.82, 2.24) is 9.62 Å². The molecule has 25 heavy (non-hydrogen) atoms. The molecule has 0 bridgehead atoms. The zero-order valence-electron chi connectivity index (χ0n) is 14.6. The Kier molecular flexibility index (Phi) is 6.55. The summed E-state index contributed by atoms with van der Waals surface area (Å²) in [5.74, 6) is -0.322. The van der Waals surface area contributed by atoms with E-state index in [4.69, 9.17) is 0 Å². The number of hydrogen-bond donors (Lipinski definition) is 2. The number of carbonyl (C=O) groups excluding carboxylic acids is 2. The molecule has 0 atom stereocenters. The third-order valence-corrected chi connectivity index (χ3v) is 6.10. The van der Waals surface area contributed by atoms with Crippen LogP contribution in [0.5, 0.6) is 0 Å². The van der Waals surface area contributed by atoms with Crippen molar-refractivity contribution in [2.45, 2.75) is 38.0 Å². The molecule has 7 nitrogen and oxygen atoms in total. The van der Waals surface area contributed by atoms with Crippen LogP contribution in [0.1, 0.15) is 33.1 Å². The maximum atomic E-state index is 12.7. The highest BCUT2D eigenvalue weighted by atomic mass is 32.2. The lowest BCUT2D eigenvalue weighted by molar-refractivity contribution is -0.126. The van der Waals surface area contributed by atoms with E-state index in [2.05, 4.69) is 10.6 Å². The lowest BCUT2D eigenvalue weighted by Gasteiger charge is -2.30. The molecule has 8 heteroatoms. The fraction of sp³-hybridized carbons (Fsp3) is 0.529. The SMILES string of the molecule is CCCNC(=O)C1CCN(S(=O)(=O)c2ccc(NC(C)=O)cc2)CC1. The minimum absolute atomic E-state index is 0.0126. The summed E-state index contributed by atoms with van der Waals surface area (Å²) < 4.78 is 26.8. The zero-order chi connectivity index (χ0) is 18.4. The highest BCUT2D eigenvalue weighted by molar-refractivity contribution is 7.89. The standard InChI is InChI=1S/C17H25N3O4S/c1-3-10-18-17(22)14-8-11-20(12-9-14)25(23,24)16-6-4-15(5-7-16)19-13(2)21/h4-7,14H,3,8-12H2,1-2H3,(H,18,22)(H,19,21). The molecule has 2 rings (SSSR count). The number of anilines is 1. The van der Waals surface area contributed by atoms with Gasteiger partial charge in [-0.3, -0.25) is 9.59 Å². The van der Waals surface area contributed by atoms with Gasteiger partial charge in [0.15, 0.2) is 0 Å². The summed E-state index contributed by atoms with van der Waals surface area (Å²) in [6, 6.07) is 6.11. The predicted molar refractivity (Wildman–Crippen MR) is 95.5 cm³/mol. The molecule has 1 aliphatic rings. The molecule has 1 fully saturated rings. The normalized spacial score (nSPS) is 16.4. The molecule has 1 aromatic carbocycles. The monoisotopic (exact) mass is 367 g/mol. The van der Waals surface area contributed by atoms with Crippen molar-refractivity contribution in [2.24, 2.45) is 5.92 Å². The fourth-order valence-electron chi connectivity index (χ4n) is 2.81. The largest absolute Gasteiger partial charge is 0.356 e. The van der Waals surface area contributed by atoms with E-state index in [1.807, 2.05) is 6.92 Å². The first kappa shape index (κ1) is 19.4. The van der Waals surface area contributed by atoms with Gasteiger partial charge in [0.2, 0.25) is 21.8 Å². The zero-order valence-corrected chi connectivity index (χ0v) is 15.4. The van der Waals surface area contributed by atoms with Gasteiger partial charge in [-0.15, -0.1) is 0 Å². The molecule has 0 spiro atoms. The average molecular weight is 367 g/mol. The molecule has 0 unspecified atom stereocenters. The van der Waals surface area contributed by atoms with Crippen molar-refractivity contribution >= 4 is 27.5 Å². The summed E-state index contributed by atoms with van der Waals surface area (Å²) >= 11 is 0. The third kappa shape index (κ3) is 5.02. The van der Waals surface area contributed by atoms with Crippen LogP contribution in [0.15, 0.2) is 29.2 Å². The van der Waals surface area contributed by atoms with E-state index < -0.39 is 10.0 Å². The molecule has 138 valence electrons. The van der Waals surface area contributed by atoms with Crippen molar-refractivity contribution in [3.05, 3.63) is 24.3 Å². The number of nitrogens with one attached hydrogen (secondary N) is 2. The predicted octanol–water partition coefficient (Wildman–Crippen LogP) is 1.57. The highest BCUT2D eigenvalue weighted by Crippen LogP contribution is 2.24. The van der Waals surface area contributed by atoms with Gasteiger partial charge in [0.05, 0.1) is 4.90 Å². The quantitative estimate of drug-likeness (QED) is 0.798. The van der Waals surface area contributed by atoms with Gasteiger partial charge in [-0.05, 0) is 43.5 Å². The summed E-state index contributed by atoms with van der Waals surface area (Å²) in [6.07, 6.45) is 1.94. The van der Waals surface area contributed by atoms with Crippen molar-refractivity contribution in [2.75, 3.05) is 25.0 Å². The van der Waals surface area contributed by atoms with E-state index in [9.17, 15) is 18.0 Å². The summed E-state index contributed by atoms with van der Waals surface area (Å²) in [5.41, 5.74) is 0.553. The summed E-state index contributed by atoms with van der Waals surface area (Å²) in [5, 5.41) is 5.47. The van der Waals surface area contributed by atoms with Gasteiger partial charge in [-0.2, -0.15) is 4.31 Å². The minimum Gasteiger partial charge on any atom is -0.356 e. The van der Waals surface area contributed by atoms with E-state index in [0.717, 1.165) is 6.42 Å². The van der Waals surface area contributed by atoms with Crippen LogP contribution in [0.2, 0.25) is 0 Å². The Morgan fingerprint density at radius 3 is 2.28 bits per heavy atom. The van der Waals surface area contributed by atoms with Crippen LogP contribution in [0.25, 0.3) is 0 Å². The Labute approximate surface area is 148 Å². The Hall–Kier alpha value is -1.93. The number of carbonyl (C=O) groups is 2. The molecule has 1 aliphatic heterocycles. The van der Waals surface area contributed by atoms with Crippen LogP contribution in [0, 0.1) is 5.92 Å². The molecule has 2 N–H and O–H groups in total. The molecule has 0 radical (unpaired) electrons. The maximum Gasteiger partial charge on any atom is 0.243 e. The van der Waals surface area contributed by atoms with Gasteiger partial charge in [0.1, 0.15) is 0 Å². The number of nitrogens with zero attached hydrogens (tertiary/aromatic N) is 1. The van der Waals surface area contributed by atoms with E-state index >= 15 is 0 Å². The Morgan fingerprint density at radius 2 is 1.76 bits per heavy atom. The van der Waals surface area contributed by atoms with Gasteiger partial charge >= 0.3 is 0 Å². The van der Waals surface area contributed by atoms with Crippen molar-refractivity contribution in [1.29, 1.82) is 0 Å². The van der Waals surface area contributed by atoms with Gasteiger partial charge in [-0.1, -0.05) is 6.92 Å². The number of amides is 2. The number of hydrogen-bond acceptors (Lipinski definition) is 4. The summed E-state index contributed by atoms with van der Waals surface area (Å²) in [4.78, 5) is 23.2. The van der Waals surface area contributed by atoms with E-state index in [-0.39, 0.29) is 22.6 Å². The Morgan fingerprint density at radius 1 is 1.16 bits per heavy atom. The molecule has 0 aromatic heterocycles. The van der Waals surface area contributed by atoms with Gasteiger partial charge in [0, 0.05) is 38.2 Å². The van der Waals surface area contributed by atoms with Gasteiger partial charge < -0.3 is 10.6 Å². The molecule has 1 heterocycles. The third-order valence-electron chi connectivity index (χ3n) is 4.19. The topological polar surface area (TPSA) is 95.6 Å². The van der Waals surface area contributed by atoms with Gasteiger partial charge in [0.25, 0.3) is 0 Å². The van der Waals surface area contributed by atoms with E-state index in [1.165, 1.54) is 23.4 Å². The Balaban J connectivity index is 1.99. The van der Waals surface area contributed by atoms with Crippen LogP contribution in [-0.4, -0.2) is 44.2 Å². The van der Waals surface area contributed by atoms with Crippen LogP contribution in [0.3, 0.4) is 0 Å². The second kappa shape index (κ2) is 8.44. The van der Waals surface area contributed by atoms with E-state index in [0.29, 0.717) is 38.2 Å². The fourth-order valence-corrected chi connectivity index (χ4v) is 4.28. The molecular formula is C17H25N3O4S. The molecule has 0 aliphatic carbocycles. The van der Waals surface area contributed by atoms with Crippen LogP contribution in [-0.2, 0) is 19.6 Å². The first-order valence-electron chi connectivity index (χ1n) is 8.50. The first-order chi connectivity index (χ1) is 11.8. The number of rotatable bonds is 6. The molecule has 0 saturated carbocycles. The second-order valence-electron chi connectivity index (χ2n) is 6.17. The van der Waals surface area contributed by atoms with Crippen molar-refractivity contribution in [3.63, 3.8) is 0 Å². The van der Waals surface area contributed by atoms with Gasteiger partial charge in [-0.25, -0.2) is 8.42 Å². The molecule has 1 saturated heterocycles. The smallest absolute Gasteiger partial charge is 0.243 e. The maximum absolute atomic E-state index is 12.7. The first-order valence-corrected chi connectivity index (χ1v) is 9.94. The lowest BCUT2D eigenvalue weighted by Crippen LogP contribution is -2.43. The number of sulfonamides is 1. The minimum atomic E-state index is -3.58. The molecule has 2 amide bonds. The van der Waals surface area contributed by atoms with Crippen molar-refractivity contribution in [3.8, 4) is 0 Å². The van der Waals surface area contributed by atoms with Crippen LogP contribution >= 0.6 is 0 Å². The molecular weight excluding hydrogens is 342 g/mol. The molecule has 1 aromatic rings. The number of piperidine rings is 1. The Bertz CT molecular complexity index is 708. The lowest BCUT2D eigenvalue weighted by atomic mass is 9.97. The van der Waals surface area contributed by atoms with Crippen LogP contribution < -0.4 is 10.6 Å². The van der Waals surface area contributed by atoms with E-state index in [1.54, 1.807) is 12.1 Å². The summed E-state index contributed by atoms with van der Waals surface area (Å²) in [6.45, 7) is 4.70. The van der Waals surface area contributed by atoms with Crippen molar-refractivity contribution < 1.29 is 18.0 Å². The number of benzene rings is 1. The van der Waals surface area contributed by atoms with Crippen LogP contribution in [0.4, 0.5) is 5.69 Å².